The monoisotopic (exact) mass is 238 g/mol. The van der Waals surface area contributed by atoms with E-state index in [0.717, 1.165) is 12.8 Å². The maximum Gasteiger partial charge on any atom is 0.0647 e. The van der Waals surface area contributed by atoms with Crippen LogP contribution in [0, 0.1) is 22.7 Å². The number of hydrogen-bond acceptors (Lipinski definition) is 2. The molecule has 3 atom stereocenters. The van der Waals surface area contributed by atoms with E-state index in [1.165, 1.54) is 18.4 Å². The summed E-state index contributed by atoms with van der Waals surface area (Å²) >= 11 is 0. The van der Waals surface area contributed by atoms with E-state index in [1.807, 2.05) is 0 Å². The van der Waals surface area contributed by atoms with Crippen molar-refractivity contribution in [2.45, 2.75) is 46.5 Å². The lowest BCUT2D eigenvalue weighted by Gasteiger charge is -2.38. The van der Waals surface area contributed by atoms with Gasteiger partial charge in [0.25, 0.3) is 0 Å². The first-order valence-electron chi connectivity index (χ1n) is 6.88. The van der Waals surface area contributed by atoms with Crippen LogP contribution in [0.3, 0.4) is 0 Å². The second-order valence-corrected chi connectivity index (χ2v) is 6.75. The fraction of sp³-hybridized carbons (Fsp3) is 0.867. The molecule has 0 spiro atoms. The Bertz CT molecular complexity index is 319. The van der Waals surface area contributed by atoms with E-state index in [2.05, 4.69) is 26.8 Å². The smallest absolute Gasteiger partial charge is 0.0647 e. The van der Waals surface area contributed by atoms with Crippen molar-refractivity contribution < 1.29 is 10.2 Å². The van der Waals surface area contributed by atoms with Gasteiger partial charge in [-0.05, 0) is 47.5 Å². The highest BCUT2D eigenvalue weighted by molar-refractivity contribution is 5.27. The van der Waals surface area contributed by atoms with Gasteiger partial charge < -0.3 is 10.2 Å². The zero-order chi connectivity index (χ0) is 12.7. The van der Waals surface area contributed by atoms with Gasteiger partial charge in [-0.25, -0.2) is 0 Å². The summed E-state index contributed by atoms with van der Waals surface area (Å²) in [5.41, 5.74) is 1.64. The molecule has 2 aliphatic carbocycles. The van der Waals surface area contributed by atoms with Crippen molar-refractivity contribution in [1.29, 1.82) is 0 Å². The molecule has 98 valence electrons. The highest BCUT2D eigenvalue weighted by Gasteiger charge is 2.51. The number of hydrogen-bond donors (Lipinski definition) is 2. The number of rotatable bonds is 3. The Morgan fingerprint density at radius 3 is 2.53 bits per heavy atom. The van der Waals surface area contributed by atoms with Gasteiger partial charge in [-0.15, -0.1) is 0 Å². The standard InChI is InChI=1S/C15H26O2/c1-14(2)6-4-7-15(3)11(10-17)9-13(14)12(15)5-8-16/h9,12-13,16-17H,4-8,10H2,1-3H3/t12-,13+,15-/m0/s1. The molecule has 2 aliphatic rings. The predicted octanol–water partition coefficient (Wildman–Crippen LogP) is 2.75. The minimum Gasteiger partial charge on any atom is -0.396 e. The third-order valence-corrected chi connectivity index (χ3v) is 5.40. The zero-order valence-electron chi connectivity index (χ0n) is 11.4. The van der Waals surface area contributed by atoms with Gasteiger partial charge in [0, 0.05) is 6.61 Å². The summed E-state index contributed by atoms with van der Waals surface area (Å²) in [6.07, 6.45) is 6.83. The second-order valence-electron chi connectivity index (χ2n) is 6.75. The molecule has 2 nitrogen and oxygen atoms in total. The molecule has 0 heterocycles. The lowest BCUT2D eigenvalue weighted by atomic mass is 9.66. The molecule has 0 unspecified atom stereocenters. The van der Waals surface area contributed by atoms with Gasteiger partial charge in [-0.1, -0.05) is 33.3 Å². The van der Waals surface area contributed by atoms with Gasteiger partial charge in [0.15, 0.2) is 0 Å². The molecule has 1 fully saturated rings. The Balaban J connectivity index is 2.40. The van der Waals surface area contributed by atoms with E-state index < -0.39 is 0 Å². The van der Waals surface area contributed by atoms with Crippen LogP contribution in [0.2, 0.25) is 0 Å². The number of aliphatic hydroxyl groups is 2. The van der Waals surface area contributed by atoms with Crippen molar-refractivity contribution in [3.63, 3.8) is 0 Å². The summed E-state index contributed by atoms with van der Waals surface area (Å²) in [4.78, 5) is 0. The van der Waals surface area contributed by atoms with E-state index in [4.69, 9.17) is 0 Å². The molecule has 0 saturated heterocycles. The SMILES string of the molecule is CC1(C)CCC[C@@]2(C)C(CO)=C[C@@H]1[C@@H]2CCO. The number of allylic oxidation sites excluding steroid dienone is 1. The Morgan fingerprint density at radius 2 is 1.94 bits per heavy atom. The summed E-state index contributed by atoms with van der Waals surface area (Å²) in [5, 5.41) is 18.9. The summed E-state index contributed by atoms with van der Waals surface area (Å²) in [7, 11) is 0. The summed E-state index contributed by atoms with van der Waals surface area (Å²) in [6, 6.07) is 0. The molecular formula is C15H26O2. The average Bonchev–Trinajstić information content (AvgIpc) is 2.48. The van der Waals surface area contributed by atoms with Crippen LogP contribution in [0.15, 0.2) is 11.6 Å². The molecule has 0 aromatic carbocycles. The van der Waals surface area contributed by atoms with Crippen molar-refractivity contribution in [2.75, 3.05) is 13.2 Å². The molecule has 0 aromatic heterocycles. The number of fused-ring (bicyclic) bond motifs is 2. The largest absolute Gasteiger partial charge is 0.396 e. The normalized spacial score (nSPS) is 39.9. The van der Waals surface area contributed by atoms with Crippen LogP contribution in [0.5, 0.6) is 0 Å². The first-order chi connectivity index (χ1) is 7.95. The molecule has 2 heteroatoms. The molecule has 2 bridgehead atoms. The molecule has 1 saturated carbocycles. The first-order valence-corrected chi connectivity index (χ1v) is 6.88. The van der Waals surface area contributed by atoms with Crippen LogP contribution in [0.25, 0.3) is 0 Å². The molecule has 0 aliphatic heterocycles. The zero-order valence-corrected chi connectivity index (χ0v) is 11.4. The molecule has 0 amide bonds. The number of aliphatic hydroxyl groups excluding tert-OH is 2. The van der Waals surface area contributed by atoms with Gasteiger partial charge in [0.2, 0.25) is 0 Å². The minimum atomic E-state index is 0.121. The maximum absolute atomic E-state index is 9.60. The summed E-state index contributed by atoms with van der Waals surface area (Å²) in [6.45, 7) is 7.41. The molecule has 2 N–H and O–H groups in total. The Kier molecular flexibility index (Phi) is 3.39. The molecule has 17 heavy (non-hydrogen) atoms. The predicted molar refractivity (Wildman–Crippen MR) is 69.6 cm³/mol. The summed E-state index contributed by atoms with van der Waals surface area (Å²) < 4.78 is 0. The highest BCUT2D eigenvalue weighted by atomic mass is 16.3. The topological polar surface area (TPSA) is 40.5 Å². The van der Waals surface area contributed by atoms with Crippen molar-refractivity contribution in [3.05, 3.63) is 11.6 Å². The Labute approximate surface area is 105 Å². The van der Waals surface area contributed by atoms with E-state index in [0.29, 0.717) is 17.3 Å². The molecular weight excluding hydrogens is 212 g/mol. The third-order valence-electron chi connectivity index (χ3n) is 5.40. The van der Waals surface area contributed by atoms with Crippen LogP contribution >= 0.6 is 0 Å². The summed E-state index contributed by atoms with van der Waals surface area (Å²) in [5.74, 6) is 1.02. The average molecular weight is 238 g/mol. The van der Waals surface area contributed by atoms with Crippen molar-refractivity contribution in [2.24, 2.45) is 22.7 Å². The van der Waals surface area contributed by atoms with Gasteiger partial charge in [0.1, 0.15) is 0 Å². The van der Waals surface area contributed by atoms with Crippen molar-refractivity contribution in [1.82, 2.24) is 0 Å². The maximum atomic E-state index is 9.60. The van der Waals surface area contributed by atoms with Crippen LogP contribution in [0.4, 0.5) is 0 Å². The Hall–Kier alpha value is -0.340. The van der Waals surface area contributed by atoms with E-state index in [-0.39, 0.29) is 18.6 Å². The Morgan fingerprint density at radius 1 is 1.24 bits per heavy atom. The lowest BCUT2D eigenvalue weighted by Crippen LogP contribution is -2.33. The van der Waals surface area contributed by atoms with Crippen LogP contribution < -0.4 is 0 Å². The van der Waals surface area contributed by atoms with Crippen LogP contribution in [-0.4, -0.2) is 23.4 Å². The van der Waals surface area contributed by atoms with E-state index in [1.54, 1.807) is 0 Å². The van der Waals surface area contributed by atoms with Gasteiger partial charge in [-0.2, -0.15) is 0 Å². The van der Waals surface area contributed by atoms with E-state index >= 15 is 0 Å². The second kappa shape index (κ2) is 4.40. The fourth-order valence-corrected chi connectivity index (χ4v) is 4.22. The third kappa shape index (κ3) is 1.96. The lowest BCUT2D eigenvalue weighted by molar-refractivity contribution is 0.106. The van der Waals surface area contributed by atoms with Gasteiger partial charge in [-0.3, -0.25) is 0 Å². The van der Waals surface area contributed by atoms with Crippen molar-refractivity contribution in [3.8, 4) is 0 Å². The highest BCUT2D eigenvalue weighted by Crippen LogP contribution is 2.59. The van der Waals surface area contributed by atoms with Gasteiger partial charge in [0.05, 0.1) is 6.61 Å². The molecule has 2 rings (SSSR count). The first kappa shape index (κ1) is 13.1. The molecule has 0 radical (unpaired) electrons. The van der Waals surface area contributed by atoms with Crippen molar-refractivity contribution >= 4 is 0 Å². The van der Waals surface area contributed by atoms with Gasteiger partial charge >= 0.3 is 0 Å². The van der Waals surface area contributed by atoms with Crippen LogP contribution in [0.1, 0.15) is 46.5 Å². The fourth-order valence-electron chi connectivity index (χ4n) is 4.22. The van der Waals surface area contributed by atoms with Crippen LogP contribution in [-0.2, 0) is 0 Å². The van der Waals surface area contributed by atoms with E-state index in [9.17, 15) is 10.2 Å². The molecule has 0 aromatic rings. The minimum absolute atomic E-state index is 0.121. The quantitative estimate of drug-likeness (QED) is 0.742.